The average Bonchev–Trinajstić information content (AvgIpc) is 2.83. The van der Waals surface area contributed by atoms with Crippen molar-refractivity contribution in [1.82, 2.24) is 10.9 Å². The lowest BCUT2D eigenvalue weighted by atomic mass is 10.1. The summed E-state index contributed by atoms with van der Waals surface area (Å²) in [7, 11) is 4.30. The number of hydrazine groups is 1. The second kappa shape index (κ2) is 10.2. The standard InChI is InChI=1S/C22H23ClN4O6/c1-12-5-6-14(11-15(12)23)27-19(28)8-7-16(26-27)22(30)25-24-21(29)13-9-17(31-2)20(33-4)18(10-13)32-3/h5-6,9-11H,7-8H2,1-4H3,(H,24,29)(H,25,30). The molecule has 10 nitrogen and oxygen atoms in total. The highest BCUT2D eigenvalue weighted by molar-refractivity contribution is 6.40. The van der Waals surface area contributed by atoms with Crippen molar-refractivity contribution in [2.75, 3.05) is 26.3 Å². The van der Waals surface area contributed by atoms with Gasteiger partial charge in [0.1, 0.15) is 5.71 Å². The lowest BCUT2D eigenvalue weighted by molar-refractivity contribution is -0.119. The Kier molecular flexibility index (Phi) is 7.39. The third-order valence-electron chi connectivity index (χ3n) is 4.91. The van der Waals surface area contributed by atoms with Gasteiger partial charge >= 0.3 is 0 Å². The van der Waals surface area contributed by atoms with Gasteiger partial charge in [0.2, 0.25) is 11.7 Å². The molecule has 2 aromatic carbocycles. The number of hydrogen-bond donors (Lipinski definition) is 2. The molecule has 0 radical (unpaired) electrons. The molecule has 0 fully saturated rings. The Morgan fingerprint density at radius 3 is 2.18 bits per heavy atom. The summed E-state index contributed by atoms with van der Waals surface area (Å²) >= 11 is 6.15. The molecule has 0 atom stereocenters. The number of benzene rings is 2. The third-order valence-corrected chi connectivity index (χ3v) is 5.32. The summed E-state index contributed by atoms with van der Waals surface area (Å²) in [5.41, 5.74) is 6.18. The van der Waals surface area contributed by atoms with Gasteiger partial charge in [-0.3, -0.25) is 25.2 Å². The highest BCUT2D eigenvalue weighted by Crippen LogP contribution is 2.38. The van der Waals surface area contributed by atoms with E-state index in [1.165, 1.54) is 33.5 Å². The quantitative estimate of drug-likeness (QED) is 0.621. The number of aryl methyl sites for hydroxylation is 1. The van der Waals surface area contributed by atoms with E-state index in [0.29, 0.717) is 16.5 Å². The maximum Gasteiger partial charge on any atom is 0.285 e. The summed E-state index contributed by atoms with van der Waals surface area (Å²) in [4.78, 5) is 37.5. The number of anilines is 1. The number of carbonyl (C=O) groups excluding carboxylic acids is 3. The van der Waals surface area contributed by atoms with Gasteiger partial charge in [0.05, 0.1) is 27.0 Å². The van der Waals surface area contributed by atoms with E-state index < -0.39 is 11.8 Å². The van der Waals surface area contributed by atoms with Gasteiger partial charge in [0.25, 0.3) is 11.8 Å². The van der Waals surface area contributed by atoms with Crippen LogP contribution in [-0.4, -0.2) is 44.8 Å². The first-order valence-electron chi connectivity index (χ1n) is 9.86. The van der Waals surface area contributed by atoms with Crippen LogP contribution in [0.25, 0.3) is 0 Å². The van der Waals surface area contributed by atoms with Crippen molar-refractivity contribution in [1.29, 1.82) is 0 Å². The fourth-order valence-corrected chi connectivity index (χ4v) is 3.28. The van der Waals surface area contributed by atoms with Crippen molar-refractivity contribution in [3.05, 3.63) is 46.5 Å². The fraction of sp³-hybridized carbons (Fsp3) is 0.273. The van der Waals surface area contributed by atoms with Gasteiger partial charge in [-0.25, -0.2) is 5.01 Å². The predicted molar refractivity (Wildman–Crippen MR) is 122 cm³/mol. The molecule has 33 heavy (non-hydrogen) atoms. The largest absolute Gasteiger partial charge is 0.493 e. The molecule has 0 saturated heterocycles. The summed E-state index contributed by atoms with van der Waals surface area (Å²) in [5, 5.41) is 5.76. The van der Waals surface area contributed by atoms with Gasteiger partial charge in [-0.05, 0) is 36.8 Å². The molecule has 0 saturated carbocycles. The van der Waals surface area contributed by atoms with Crippen LogP contribution in [0.2, 0.25) is 5.02 Å². The zero-order valence-corrected chi connectivity index (χ0v) is 19.3. The van der Waals surface area contributed by atoms with E-state index in [-0.39, 0.29) is 41.5 Å². The second-order valence-electron chi connectivity index (χ2n) is 7.01. The molecule has 3 amide bonds. The second-order valence-corrected chi connectivity index (χ2v) is 7.42. The Labute approximate surface area is 195 Å². The van der Waals surface area contributed by atoms with E-state index in [2.05, 4.69) is 16.0 Å². The van der Waals surface area contributed by atoms with E-state index in [0.717, 1.165) is 10.6 Å². The summed E-state index contributed by atoms with van der Waals surface area (Å²) in [6.07, 6.45) is 0.208. The number of methoxy groups -OCH3 is 3. The molecule has 0 spiro atoms. The van der Waals surface area contributed by atoms with Gasteiger partial charge in [0.15, 0.2) is 11.5 Å². The van der Waals surface area contributed by atoms with Crippen molar-refractivity contribution < 1.29 is 28.6 Å². The highest BCUT2D eigenvalue weighted by atomic mass is 35.5. The third kappa shape index (κ3) is 5.17. The van der Waals surface area contributed by atoms with E-state index in [1.807, 2.05) is 6.92 Å². The lowest BCUT2D eigenvalue weighted by Gasteiger charge is -2.23. The first-order chi connectivity index (χ1) is 15.8. The molecule has 1 aliphatic rings. The van der Waals surface area contributed by atoms with Crippen LogP contribution in [0.4, 0.5) is 5.69 Å². The maximum atomic E-state index is 12.6. The first kappa shape index (κ1) is 23.9. The van der Waals surface area contributed by atoms with E-state index in [1.54, 1.807) is 18.2 Å². The molecular weight excluding hydrogens is 452 g/mol. The van der Waals surface area contributed by atoms with Crippen LogP contribution < -0.4 is 30.1 Å². The number of rotatable bonds is 6. The van der Waals surface area contributed by atoms with Gasteiger partial charge in [-0.2, -0.15) is 5.10 Å². The molecule has 1 heterocycles. The summed E-state index contributed by atoms with van der Waals surface area (Å²) < 4.78 is 15.7. The van der Waals surface area contributed by atoms with E-state index in [9.17, 15) is 14.4 Å². The average molecular weight is 475 g/mol. The van der Waals surface area contributed by atoms with Crippen LogP contribution in [0, 0.1) is 6.92 Å². The summed E-state index contributed by atoms with van der Waals surface area (Å²) in [5.74, 6) is -0.624. The van der Waals surface area contributed by atoms with Crippen molar-refractivity contribution in [3.8, 4) is 17.2 Å². The minimum Gasteiger partial charge on any atom is -0.493 e. The number of amides is 3. The molecule has 0 bridgehead atoms. The Bertz CT molecular complexity index is 1110. The Morgan fingerprint density at radius 2 is 1.61 bits per heavy atom. The summed E-state index contributed by atoms with van der Waals surface area (Å²) in [6.45, 7) is 1.84. The van der Waals surface area contributed by atoms with E-state index in [4.69, 9.17) is 25.8 Å². The Balaban J connectivity index is 1.74. The van der Waals surface area contributed by atoms with Crippen LogP contribution in [0.5, 0.6) is 17.2 Å². The molecule has 0 aliphatic carbocycles. The highest BCUT2D eigenvalue weighted by Gasteiger charge is 2.26. The lowest BCUT2D eigenvalue weighted by Crippen LogP contribution is -2.47. The van der Waals surface area contributed by atoms with E-state index >= 15 is 0 Å². The first-order valence-corrected chi connectivity index (χ1v) is 10.2. The Hall–Kier alpha value is -3.79. The zero-order valence-electron chi connectivity index (χ0n) is 18.5. The van der Waals surface area contributed by atoms with Crippen LogP contribution in [0.15, 0.2) is 35.4 Å². The molecule has 11 heteroatoms. The molecule has 174 valence electrons. The number of nitrogens with one attached hydrogen (secondary N) is 2. The van der Waals surface area contributed by atoms with Gasteiger partial charge in [0, 0.05) is 23.4 Å². The minimum absolute atomic E-state index is 0.0801. The van der Waals surface area contributed by atoms with Gasteiger partial charge in [-0.15, -0.1) is 0 Å². The minimum atomic E-state index is -0.647. The van der Waals surface area contributed by atoms with Crippen molar-refractivity contribution >= 4 is 40.7 Å². The Morgan fingerprint density at radius 1 is 0.970 bits per heavy atom. The number of hydrazone groups is 1. The van der Waals surface area contributed by atoms with Crippen LogP contribution >= 0.6 is 11.6 Å². The topological polar surface area (TPSA) is 119 Å². The van der Waals surface area contributed by atoms with Crippen molar-refractivity contribution in [2.24, 2.45) is 5.10 Å². The molecule has 1 aliphatic heterocycles. The molecule has 2 aromatic rings. The van der Waals surface area contributed by atoms with Crippen molar-refractivity contribution in [2.45, 2.75) is 19.8 Å². The predicted octanol–water partition coefficient (Wildman–Crippen LogP) is 2.62. The van der Waals surface area contributed by atoms with Gasteiger partial charge < -0.3 is 14.2 Å². The normalized spacial score (nSPS) is 13.2. The van der Waals surface area contributed by atoms with Crippen molar-refractivity contribution in [3.63, 3.8) is 0 Å². The smallest absolute Gasteiger partial charge is 0.285 e. The molecule has 0 aromatic heterocycles. The zero-order chi connectivity index (χ0) is 24.1. The van der Waals surface area contributed by atoms with Crippen LogP contribution in [-0.2, 0) is 9.59 Å². The monoisotopic (exact) mass is 474 g/mol. The van der Waals surface area contributed by atoms with Gasteiger partial charge in [-0.1, -0.05) is 17.7 Å². The molecular formula is C22H23ClN4O6. The fourth-order valence-electron chi connectivity index (χ4n) is 3.10. The number of ether oxygens (including phenoxy) is 3. The molecule has 0 unspecified atom stereocenters. The number of halogens is 1. The number of hydrogen-bond acceptors (Lipinski definition) is 7. The summed E-state index contributed by atoms with van der Waals surface area (Å²) in [6, 6.07) is 7.94. The SMILES string of the molecule is COc1cc(C(=O)NNC(=O)C2=NN(c3ccc(C)c(Cl)c3)C(=O)CC2)cc(OC)c1OC. The number of carbonyl (C=O) groups is 3. The number of nitrogens with zero attached hydrogens (tertiary/aromatic N) is 2. The maximum absolute atomic E-state index is 12.6. The van der Waals surface area contributed by atoms with Crippen LogP contribution in [0.1, 0.15) is 28.8 Å². The molecule has 3 rings (SSSR count). The molecule has 2 N–H and O–H groups in total. The van der Waals surface area contributed by atoms with Crippen LogP contribution in [0.3, 0.4) is 0 Å².